The maximum Gasteiger partial charge on any atom is 0.126 e. The summed E-state index contributed by atoms with van der Waals surface area (Å²) < 4.78 is 0. The Morgan fingerprint density at radius 1 is 1.05 bits per heavy atom. The Kier molecular flexibility index (Phi) is 4.43. The predicted molar refractivity (Wildman–Crippen MR) is 81.6 cm³/mol. The van der Waals surface area contributed by atoms with E-state index in [0.717, 1.165) is 16.5 Å². The normalized spacial score (nSPS) is 12.5. The second-order valence-electron chi connectivity index (χ2n) is 5.08. The van der Waals surface area contributed by atoms with Crippen molar-refractivity contribution in [2.75, 3.05) is 5.32 Å². The van der Waals surface area contributed by atoms with Crippen LogP contribution in [-0.2, 0) is 0 Å². The maximum absolute atomic E-state index is 5.94. The molecule has 0 fully saturated rings. The second-order valence-corrected chi connectivity index (χ2v) is 5.52. The highest BCUT2D eigenvalue weighted by Gasteiger charge is 2.16. The van der Waals surface area contributed by atoms with Crippen LogP contribution in [0.25, 0.3) is 0 Å². The molecule has 1 N–H and O–H groups in total. The van der Waals surface area contributed by atoms with Gasteiger partial charge in [-0.25, -0.2) is 4.98 Å². The molecule has 1 aromatic carbocycles. The molecule has 0 saturated carbocycles. The van der Waals surface area contributed by atoms with E-state index < -0.39 is 0 Å². The van der Waals surface area contributed by atoms with Crippen LogP contribution in [0.15, 0.2) is 42.5 Å². The third kappa shape index (κ3) is 3.71. The highest BCUT2D eigenvalue weighted by Crippen LogP contribution is 2.26. The first kappa shape index (κ1) is 13.9. The first-order valence-corrected chi connectivity index (χ1v) is 6.89. The number of benzene rings is 1. The summed E-state index contributed by atoms with van der Waals surface area (Å²) in [6.07, 6.45) is 0. The highest BCUT2D eigenvalue weighted by atomic mass is 35.5. The highest BCUT2D eigenvalue weighted by molar-refractivity contribution is 6.30. The van der Waals surface area contributed by atoms with Gasteiger partial charge in [0, 0.05) is 10.7 Å². The van der Waals surface area contributed by atoms with Crippen LogP contribution in [-0.4, -0.2) is 4.98 Å². The fraction of sp³-hybridized carbons (Fsp3) is 0.312. The molecule has 0 spiro atoms. The number of aryl methyl sites for hydroxylation is 1. The largest absolute Gasteiger partial charge is 0.363 e. The van der Waals surface area contributed by atoms with E-state index in [0.29, 0.717) is 5.92 Å². The van der Waals surface area contributed by atoms with Gasteiger partial charge in [-0.1, -0.05) is 43.6 Å². The van der Waals surface area contributed by atoms with E-state index in [9.17, 15) is 0 Å². The number of aromatic nitrogens is 1. The number of hydrogen-bond donors (Lipinski definition) is 1. The van der Waals surface area contributed by atoms with E-state index in [4.69, 9.17) is 11.6 Å². The standard InChI is InChI=1S/C16H19ClN2/c1-11(2)16(13-7-9-14(17)10-8-13)19-15-6-4-5-12(3)18-15/h4-11,16H,1-3H3,(H,18,19). The average molecular weight is 275 g/mol. The fourth-order valence-corrected chi connectivity index (χ4v) is 2.21. The summed E-state index contributed by atoms with van der Waals surface area (Å²) in [6, 6.07) is 14.2. The van der Waals surface area contributed by atoms with Gasteiger partial charge in [-0.2, -0.15) is 0 Å². The van der Waals surface area contributed by atoms with Crippen molar-refractivity contribution in [1.29, 1.82) is 0 Å². The molecule has 1 atom stereocenters. The van der Waals surface area contributed by atoms with Crippen LogP contribution in [0.3, 0.4) is 0 Å². The monoisotopic (exact) mass is 274 g/mol. The minimum atomic E-state index is 0.228. The SMILES string of the molecule is Cc1cccc(NC(c2ccc(Cl)cc2)C(C)C)n1. The molecule has 0 aliphatic carbocycles. The van der Waals surface area contributed by atoms with Crippen molar-refractivity contribution in [3.8, 4) is 0 Å². The Bertz CT molecular complexity index is 535. The molecule has 19 heavy (non-hydrogen) atoms. The lowest BCUT2D eigenvalue weighted by atomic mass is 9.96. The van der Waals surface area contributed by atoms with E-state index in [1.54, 1.807) is 0 Å². The Labute approximate surface area is 119 Å². The quantitative estimate of drug-likeness (QED) is 0.862. The Morgan fingerprint density at radius 3 is 2.32 bits per heavy atom. The molecule has 1 heterocycles. The molecule has 0 radical (unpaired) electrons. The Balaban J connectivity index is 2.23. The van der Waals surface area contributed by atoms with Gasteiger partial charge in [0.1, 0.15) is 5.82 Å². The molecule has 0 aliphatic heterocycles. The van der Waals surface area contributed by atoms with Crippen LogP contribution in [0.5, 0.6) is 0 Å². The van der Waals surface area contributed by atoms with Crippen LogP contribution in [0.1, 0.15) is 31.1 Å². The fourth-order valence-electron chi connectivity index (χ4n) is 2.09. The predicted octanol–water partition coefficient (Wildman–Crippen LogP) is 4.85. The van der Waals surface area contributed by atoms with E-state index in [-0.39, 0.29) is 6.04 Å². The van der Waals surface area contributed by atoms with E-state index in [1.807, 2.05) is 37.3 Å². The molecule has 0 saturated heterocycles. The molecule has 3 heteroatoms. The van der Waals surface area contributed by atoms with Crippen molar-refractivity contribution in [3.05, 3.63) is 58.7 Å². The summed E-state index contributed by atoms with van der Waals surface area (Å²) in [7, 11) is 0. The Hall–Kier alpha value is -1.54. The molecule has 0 bridgehead atoms. The number of nitrogens with one attached hydrogen (secondary N) is 1. The van der Waals surface area contributed by atoms with Crippen LogP contribution in [0.2, 0.25) is 5.02 Å². The van der Waals surface area contributed by atoms with Crippen molar-refractivity contribution in [2.45, 2.75) is 26.8 Å². The van der Waals surface area contributed by atoms with E-state index in [1.165, 1.54) is 5.56 Å². The number of nitrogens with zero attached hydrogens (tertiary/aromatic N) is 1. The Morgan fingerprint density at radius 2 is 1.74 bits per heavy atom. The summed E-state index contributed by atoms with van der Waals surface area (Å²) in [5, 5.41) is 4.26. The van der Waals surface area contributed by atoms with Gasteiger partial charge in [-0.05, 0) is 42.7 Å². The van der Waals surface area contributed by atoms with Crippen LogP contribution in [0, 0.1) is 12.8 Å². The summed E-state index contributed by atoms with van der Waals surface area (Å²) in [5.74, 6) is 1.37. The van der Waals surface area contributed by atoms with Crippen LogP contribution < -0.4 is 5.32 Å². The third-order valence-corrected chi connectivity index (χ3v) is 3.34. The van der Waals surface area contributed by atoms with Gasteiger partial charge >= 0.3 is 0 Å². The van der Waals surface area contributed by atoms with Gasteiger partial charge in [0.25, 0.3) is 0 Å². The number of rotatable bonds is 4. The molecule has 1 unspecified atom stereocenters. The lowest BCUT2D eigenvalue weighted by molar-refractivity contribution is 0.544. The summed E-state index contributed by atoms with van der Waals surface area (Å²) in [5.41, 5.74) is 2.24. The van der Waals surface area contributed by atoms with Gasteiger partial charge in [0.05, 0.1) is 6.04 Å². The minimum absolute atomic E-state index is 0.228. The zero-order valence-electron chi connectivity index (χ0n) is 11.5. The lowest BCUT2D eigenvalue weighted by Gasteiger charge is -2.23. The van der Waals surface area contributed by atoms with Gasteiger partial charge in [-0.15, -0.1) is 0 Å². The molecule has 0 amide bonds. The van der Waals surface area contributed by atoms with Crippen LogP contribution >= 0.6 is 11.6 Å². The van der Waals surface area contributed by atoms with Crippen LogP contribution in [0.4, 0.5) is 5.82 Å². The van der Waals surface area contributed by atoms with Gasteiger partial charge < -0.3 is 5.32 Å². The summed E-state index contributed by atoms with van der Waals surface area (Å²) >= 11 is 5.94. The third-order valence-electron chi connectivity index (χ3n) is 3.09. The van der Waals surface area contributed by atoms with Gasteiger partial charge in [-0.3, -0.25) is 0 Å². The topological polar surface area (TPSA) is 24.9 Å². The van der Waals surface area contributed by atoms with Gasteiger partial charge in [0.15, 0.2) is 0 Å². The summed E-state index contributed by atoms with van der Waals surface area (Å²) in [4.78, 5) is 4.50. The number of hydrogen-bond acceptors (Lipinski definition) is 2. The first-order chi connectivity index (χ1) is 9.06. The smallest absolute Gasteiger partial charge is 0.126 e. The molecule has 2 aromatic rings. The van der Waals surface area contributed by atoms with Crippen molar-refractivity contribution in [1.82, 2.24) is 4.98 Å². The lowest BCUT2D eigenvalue weighted by Crippen LogP contribution is -2.17. The molecule has 2 nitrogen and oxygen atoms in total. The summed E-state index contributed by atoms with van der Waals surface area (Å²) in [6.45, 7) is 6.39. The van der Waals surface area contributed by atoms with Crippen molar-refractivity contribution < 1.29 is 0 Å². The molecule has 1 aromatic heterocycles. The number of pyridine rings is 1. The van der Waals surface area contributed by atoms with Crippen molar-refractivity contribution >= 4 is 17.4 Å². The average Bonchev–Trinajstić information content (AvgIpc) is 2.37. The zero-order chi connectivity index (χ0) is 13.8. The molecular formula is C16H19ClN2. The van der Waals surface area contributed by atoms with Gasteiger partial charge in [0.2, 0.25) is 0 Å². The minimum Gasteiger partial charge on any atom is -0.363 e. The van der Waals surface area contributed by atoms with E-state index >= 15 is 0 Å². The molecule has 100 valence electrons. The van der Waals surface area contributed by atoms with E-state index in [2.05, 4.69) is 36.3 Å². The molecular weight excluding hydrogens is 256 g/mol. The zero-order valence-corrected chi connectivity index (χ0v) is 12.3. The molecule has 0 aliphatic rings. The first-order valence-electron chi connectivity index (χ1n) is 6.52. The maximum atomic E-state index is 5.94. The number of anilines is 1. The van der Waals surface area contributed by atoms with Crippen molar-refractivity contribution in [3.63, 3.8) is 0 Å². The van der Waals surface area contributed by atoms with Crippen molar-refractivity contribution in [2.24, 2.45) is 5.92 Å². The number of halogens is 1. The second kappa shape index (κ2) is 6.07. The molecule has 2 rings (SSSR count).